The first-order valence-electron chi connectivity index (χ1n) is 2.84. The van der Waals surface area contributed by atoms with Crippen LogP contribution >= 0.6 is 0 Å². The predicted molar refractivity (Wildman–Crippen MR) is 34.3 cm³/mol. The van der Waals surface area contributed by atoms with E-state index in [-0.39, 0.29) is 6.17 Å². The van der Waals surface area contributed by atoms with Crippen molar-refractivity contribution in [1.82, 2.24) is 4.90 Å². The average Bonchev–Trinajstić information content (AvgIpc) is 1.81. The smallest absolute Gasteiger partial charge is 0.0646 e. The number of rotatable bonds is 1. The summed E-state index contributed by atoms with van der Waals surface area (Å²) in [5, 5.41) is 0. The lowest BCUT2D eigenvalue weighted by atomic mass is 9.97. The molecule has 0 aromatic rings. The standard InChI is InChI=1S/C6H12N2/c1-3-5-4-8(2)6(5)7/h3,5-6H,1,4,7H2,2H3. The van der Waals surface area contributed by atoms with Crippen LogP contribution in [0.25, 0.3) is 0 Å². The molecule has 2 nitrogen and oxygen atoms in total. The van der Waals surface area contributed by atoms with E-state index in [1.54, 1.807) is 0 Å². The van der Waals surface area contributed by atoms with E-state index in [0.29, 0.717) is 5.92 Å². The minimum absolute atomic E-state index is 0.229. The van der Waals surface area contributed by atoms with Gasteiger partial charge < -0.3 is 5.73 Å². The quantitative estimate of drug-likeness (QED) is 0.484. The molecule has 2 heteroatoms. The van der Waals surface area contributed by atoms with Gasteiger partial charge in [0.2, 0.25) is 0 Å². The number of nitrogens with zero attached hydrogens (tertiary/aromatic N) is 1. The van der Waals surface area contributed by atoms with Gasteiger partial charge in [0.1, 0.15) is 0 Å². The maximum atomic E-state index is 5.63. The minimum atomic E-state index is 0.229. The van der Waals surface area contributed by atoms with Crippen LogP contribution in [0, 0.1) is 5.92 Å². The molecule has 0 saturated carbocycles. The Hall–Kier alpha value is -0.340. The molecule has 0 bridgehead atoms. The van der Waals surface area contributed by atoms with Crippen molar-refractivity contribution >= 4 is 0 Å². The largest absolute Gasteiger partial charge is 0.315 e. The highest BCUT2D eigenvalue weighted by Crippen LogP contribution is 2.18. The van der Waals surface area contributed by atoms with Gasteiger partial charge in [-0.3, -0.25) is 4.90 Å². The van der Waals surface area contributed by atoms with Crippen molar-refractivity contribution in [3.05, 3.63) is 12.7 Å². The zero-order valence-corrected chi connectivity index (χ0v) is 5.17. The molecular formula is C6H12N2. The molecule has 1 heterocycles. The van der Waals surface area contributed by atoms with Gasteiger partial charge in [-0.25, -0.2) is 0 Å². The van der Waals surface area contributed by atoms with Crippen LogP contribution in [0.4, 0.5) is 0 Å². The van der Waals surface area contributed by atoms with Gasteiger partial charge in [0.05, 0.1) is 6.17 Å². The van der Waals surface area contributed by atoms with E-state index in [2.05, 4.69) is 11.5 Å². The van der Waals surface area contributed by atoms with Crippen LogP contribution in [0.1, 0.15) is 0 Å². The van der Waals surface area contributed by atoms with Gasteiger partial charge in [0, 0.05) is 12.5 Å². The predicted octanol–water partition coefficient (Wildman–Crippen LogP) is 0.0188. The van der Waals surface area contributed by atoms with Crippen LogP contribution < -0.4 is 5.73 Å². The molecule has 1 aliphatic heterocycles. The lowest BCUT2D eigenvalue weighted by Crippen LogP contribution is -2.58. The summed E-state index contributed by atoms with van der Waals surface area (Å²) in [7, 11) is 2.02. The Morgan fingerprint density at radius 3 is 2.62 bits per heavy atom. The molecule has 1 rings (SSSR count). The van der Waals surface area contributed by atoms with E-state index in [9.17, 15) is 0 Å². The lowest BCUT2D eigenvalue weighted by Gasteiger charge is -2.41. The molecule has 2 atom stereocenters. The Morgan fingerprint density at radius 1 is 1.88 bits per heavy atom. The summed E-state index contributed by atoms with van der Waals surface area (Å²) >= 11 is 0. The van der Waals surface area contributed by atoms with Crippen LogP contribution in [0.15, 0.2) is 12.7 Å². The Morgan fingerprint density at radius 2 is 2.50 bits per heavy atom. The molecule has 0 amide bonds. The molecule has 8 heavy (non-hydrogen) atoms. The van der Waals surface area contributed by atoms with E-state index >= 15 is 0 Å². The normalized spacial score (nSPS) is 38.8. The van der Waals surface area contributed by atoms with Crippen LogP contribution in [0.2, 0.25) is 0 Å². The van der Waals surface area contributed by atoms with Gasteiger partial charge in [-0.05, 0) is 7.05 Å². The van der Waals surface area contributed by atoms with E-state index in [1.165, 1.54) is 0 Å². The fourth-order valence-electron chi connectivity index (χ4n) is 0.965. The van der Waals surface area contributed by atoms with E-state index in [4.69, 9.17) is 5.73 Å². The van der Waals surface area contributed by atoms with E-state index in [1.807, 2.05) is 13.1 Å². The summed E-state index contributed by atoms with van der Waals surface area (Å²) in [6, 6.07) is 0. The summed E-state index contributed by atoms with van der Waals surface area (Å²) in [5.74, 6) is 0.528. The summed E-state index contributed by atoms with van der Waals surface area (Å²) in [4.78, 5) is 2.10. The maximum absolute atomic E-state index is 5.63. The molecule has 1 aliphatic rings. The molecule has 0 aliphatic carbocycles. The van der Waals surface area contributed by atoms with Crippen molar-refractivity contribution in [1.29, 1.82) is 0 Å². The molecular weight excluding hydrogens is 100 g/mol. The van der Waals surface area contributed by atoms with Gasteiger partial charge in [-0.1, -0.05) is 6.08 Å². The first-order chi connectivity index (χ1) is 3.75. The Kier molecular flexibility index (Phi) is 1.36. The average molecular weight is 112 g/mol. The molecule has 46 valence electrons. The van der Waals surface area contributed by atoms with Crippen LogP contribution in [0.5, 0.6) is 0 Å². The second-order valence-corrected chi connectivity index (χ2v) is 2.33. The fourth-order valence-corrected chi connectivity index (χ4v) is 0.965. The molecule has 0 spiro atoms. The second kappa shape index (κ2) is 1.88. The summed E-state index contributed by atoms with van der Waals surface area (Å²) in [6.45, 7) is 4.73. The third-order valence-electron chi connectivity index (χ3n) is 1.75. The molecule has 0 aromatic heterocycles. The number of hydrogen-bond acceptors (Lipinski definition) is 2. The molecule has 0 aromatic carbocycles. The number of nitrogens with two attached hydrogens (primary N) is 1. The van der Waals surface area contributed by atoms with Gasteiger partial charge >= 0.3 is 0 Å². The summed E-state index contributed by atoms with van der Waals surface area (Å²) in [6.07, 6.45) is 2.15. The summed E-state index contributed by atoms with van der Waals surface area (Å²) < 4.78 is 0. The number of hydrogen-bond donors (Lipinski definition) is 1. The van der Waals surface area contributed by atoms with E-state index in [0.717, 1.165) is 6.54 Å². The molecule has 0 radical (unpaired) electrons. The maximum Gasteiger partial charge on any atom is 0.0646 e. The SMILES string of the molecule is C=CC1CN(C)C1N. The lowest BCUT2D eigenvalue weighted by molar-refractivity contribution is 0.0773. The first kappa shape index (κ1) is 5.79. The third kappa shape index (κ3) is 0.659. The van der Waals surface area contributed by atoms with Gasteiger partial charge in [-0.15, -0.1) is 6.58 Å². The van der Waals surface area contributed by atoms with Crippen LogP contribution in [-0.2, 0) is 0 Å². The second-order valence-electron chi connectivity index (χ2n) is 2.33. The zero-order chi connectivity index (χ0) is 6.15. The van der Waals surface area contributed by atoms with Crippen molar-refractivity contribution in [2.24, 2.45) is 11.7 Å². The van der Waals surface area contributed by atoms with Gasteiger partial charge in [0.25, 0.3) is 0 Å². The monoisotopic (exact) mass is 112 g/mol. The Labute approximate surface area is 50.0 Å². The molecule has 2 N–H and O–H groups in total. The number of likely N-dealkylation sites (tertiary alicyclic amines) is 1. The molecule has 1 saturated heterocycles. The molecule has 2 unspecified atom stereocenters. The van der Waals surface area contributed by atoms with Crippen molar-refractivity contribution in [3.63, 3.8) is 0 Å². The Balaban J connectivity index is 2.35. The highest BCUT2D eigenvalue weighted by Gasteiger charge is 2.29. The highest BCUT2D eigenvalue weighted by atomic mass is 15.3. The highest BCUT2D eigenvalue weighted by molar-refractivity contribution is 4.95. The van der Waals surface area contributed by atoms with Crippen molar-refractivity contribution in [2.45, 2.75) is 6.17 Å². The minimum Gasteiger partial charge on any atom is -0.315 e. The van der Waals surface area contributed by atoms with Gasteiger partial charge in [0.15, 0.2) is 0 Å². The molecule has 1 fully saturated rings. The van der Waals surface area contributed by atoms with Gasteiger partial charge in [-0.2, -0.15) is 0 Å². The van der Waals surface area contributed by atoms with Crippen molar-refractivity contribution in [3.8, 4) is 0 Å². The first-order valence-corrected chi connectivity index (χ1v) is 2.84. The van der Waals surface area contributed by atoms with Crippen molar-refractivity contribution < 1.29 is 0 Å². The Bertz CT molecular complexity index is 101. The van der Waals surface area contributed by atoms with Crippen LogP contribution in [0.3, 0.4) is 0 Å². The van der Waals surface area contributed by atoms with E-state index < -0.39 is 0 Å². The zero-order valence-electron chi connectivity index (χ0n) is 5.17. The fraction of sp³-hybridized carbons (Fsp3) is 0.667. The summed E-state index contributed by atoms with van der Waals surface area (Å²) in [5.41, 5.74) is 5.63. The van der Waals surface area contributed by atoms with Crippen LogP contribution in [-0.4, -0.2) is 24.7 Å². The topological polar surface area (TPSA) is 29.3 Å². The van der Waals surface area contributed by atoms with Crippen molar-refractivity contribution in [2.75, 3.05) is 13.6 Å². The third-order valence-corrected chi connectivity index (χ3v) is 1.75.